The highest BCUT2D eigenvalue weighted by Crippen LogP contribution is 2.23. The van der Waals surface area contributed by atoms with E-state index in [2.05, 4.69) is 10.9 Å². The predicted molar refractivity (Wildman–Crippen MR) is 99.4 cm³/mol. The molecule has 0 aliphatic carbocycles. The van der Waals surface area contributed by atoms with Crippen LogP contribution in [0, 0.1) is 0 Å². The lowest BCUT2D eigenvalue weighted by atomic mass is 10.2. The normalized spacial score (nSPS) is 12.5. The van der Waals surface area contributed by atoms with Gasteiger partial charge >= 0.3 is 5.97 Å². The summed E-state index contributed by atoms with van der Waals surface area (Å²) in [6, 6.07) is 17.9. The molecular weight excluding hydrogens is 352 g/mol. The number of carbonyl (C=O) groups is 3. The van der Waals surface area contributed by atoms with Gasteiger partial charge in [-0.1, -0.05) is 36.4 Å². The monoisotopic (exact) mass is 372 g/mol. The molecule has 0 fully saturated rings. The summed E-state index contributed by atoms with van der Waals surface area (Å²) in [5.74, 6) is -1.57. The highest BCUT2D eigenvalue weighted by atomic mass is 32.2. The van der Waals surface area contributed by atoms with E-state index < -0.39 is 29.1 Å². The van der Waals surface area contributed by atoms with Crippen molar-refractivity contribution in [2.24, 2.45) is 0 Å². The van der Waals surface area contributed by atoms with Gasteiger partial charge in [-0.25, -0.2) is 0 Å². The van der Waals surface area contributed by atoms with Gasteiger partial charge in [0, 0.05) is 10.5 Å². The van der Waals surface area contributed by atoms with Crippen molar-refractivity contribution < 1.29 is 19.1 Å². The summed E-state index contributed by atoms with van der Waals surface area (Å²) in [7, 11) is 0. The molecule has 2 aromatic carbocycles. The second-order valence-corrected chi connectivity index (χ2v) is 6.88. The van der Waals surface area contributed by atoms with Crippen LogP contribution in [0.5, 0.6) is 0 Å². The van der Waals surface area contributed by atoms with Crippen molar-refractivity contribution in [2.45, 2.75) is 30.1 Å². The SMILES string of the molecule is C[C@@H](OC(=O)[C@@H](C)Sc1ccccc1)C(=O)NNC(=O)c1ccccc1. The number of rotatable bonds is 6. The zero-order valence-electron chi connectivity index (χ0n) is 14.5. The van der Waals surface area contributed by atoms with E-state index in [0.717, 1.165) is 4.90 Å². The van der Waals surface area contributed by atoms with Gasteiger partial charge in [0.25, 0.3) is 11.8 Å². The van der Waals surface area contributed by atoms with Crippen molar-refractivity contribution in [3.05, 3.63) is 66.2 Å². The summed E-state index contributed by atoms with van der Waals surface area (Å²) < 4.78 is 5.16. The summed E-state index contributed by atoms with van der Waals surface area (Å²) in [5.41, 5.74) is 4.95. The molecule has 0 aliphatic rings. The number of nitrogens with one attached hydrogen (secondary N) is 2. The second kappa shape index (κ2) is 9.62. The molecule has 2 amide bonds. The number of hydrazine groups is 1. The molecule has 0 spiro atoms. The minimum atomic E-state index is -1.03. The molecule has 2 atom stereocenters. The first-order valence-corrected chi connectivity index (χ1v) is 8.93. The summed E-state index contributed by atoms with van der Waals surface area (Å²) in [6.45, 7) is 3.16. The molecule has 0 radical (unpaired) electrons. The molecule has 7 heteroatoms. The fourth-order valence-corrected chi connectivity index (χ4v) is 2.83. The van der Waals surface area contributed by atoms with E-state index in [1.54, 1.807) is 37.3 Å². The minimum Gasteiger partial charge on any atom is -0.452 e. The average molecular weight is 372 g/mol. The molecule has 2 rings (SSSR count). The number of hydrogen-bond acceptors (Lipinski definition) is 5. The average Bonchev–Trinajstić information content (AvgIpc) is 2.67. The van der Waals surface area contributed by atoms with Gasteiger partial charge in [0.05, 0.1) is 0 Å². The van der Waals surface area contributed by atoms with E-state index in [-0.39, 0.29) is 0 Å². The number of ether oxygens (including phenoxy) is 1. The summed E-state index contributed by atoms with van der Waals surface area (Å²) in [6.07, 6.45) is -1.03. The lowest BCUT2D eigenvalue weighted by Gasteiger charge is -2.16. The Kier molecular flexibility index (Phi) is 7.23. The number of thioether (sulfide) groups is 1. The van der Waals surface area contributed by atoms with E-state index in [1.807, 2.05) is 30.3 Å². The minimum absolute atomic E-state index is 0.408. The highest BCUT2D eigenvalue weighted by Gasteiger charge is 2.23. The fourth-order valence-electron chi connectivity index (χ4n) is 1.96. The van der Waals surface area contributed by atoms with Crippen molar-refractivity contribution >= 4 is 29.5 Å². The molecule has 2 aromatic rings. The predicted octanol–water partition coefficient (Wildman–Crippen LogP) is 2.56. The topological polar surface area (TPSA) is 84.5 Å². The first-order chi connectivity index (χ1) is 12.5. The first-order valence-electron chi connectivity index (χ1n) is 8.05. The van der Waals surface area contributed by atoms with Crippen LogP contribution in [0.1, 0.15) is 24.2 Å². The number of esters is 1. The third-order valence-electron chi connectivity index (χ3n) is 3.39. The maximum Gasteiger partial charge on any atom is 0.319 e. The molecule has 0 unspecified atom stereocenters. The van der Waals surface area contributed by atoms with Crippen LogP contribution >= 0.6 is 11.8 Å². The Morgan fingerprint density at radius 3 is 2.08 bits per heavy atom. The smallest absolute Gasteiger partial charge is 0.319 e. The van der Waals surface area contributed by atoms with Gasteiger partial charge in [-0.05, 0) is 38.1 Å². The van der Waals surface area contributed by atoms with Gasteiger partial charge in [0.15, 0.2) is 6.10 Å². The van der Waals surface area contributed by atoms with Crippen LogP contribution in [0.3, 0.4) is 0 Å². The lowest BCUT2D eigenvalue weighted by molar-refractivity contribution is -0.154. The largest absolute Gasteiger partial charge is 0.452 e. The Morgan fingerprint density at radius 1 is 0.885 bits per heavy atom. The van der Waals surface area contributed by atoms with Crippen molar-refractivity contribution in [2.75, 3.05) is 0 Å². The van der Waals surface area contributed by atoms with Crippen LogP contribution in [-0.2, 0) is 14.3 Å². The van der Waals surface area contributed by atoms with Gasteiger partial charge in [0.1, 0.15) is 5.25 Å². The molecule has 0 saturated carbocycles. The Morgan fingerprint density at radius 2 is 1.46 bits per heavy atom. The summed E-state index contributed by atoms with van der Waals surface area (Å²) >= 11 is 1.34. The molecule has 0 aliphatic heterocycles. The first kappa shape index (κ1) is 19.5. The van der Waals surface area contributed by atoms with Crippen molar-refractivity contribution in [1.82, 2.24) is 10.9 Å². The van der Waals surface area contributed by atoms with Gasteiger partial charge in [-0.15, -0.1) is 11.8 Å². The van der Waals surface area contributed by atoms with E-state index in [1.165, 1.54) is 18.7 Å². The standard InChI is InChI=1S/C19H20N2O4S/c1-13(17(22)20-21-18(23)15-9-5-3-6-10-15)25-19(24)14(2)26-16-11-7-4-8-12-16/h3-14H,1-2H3,(H,20,22)(H,21,23)/t13-,14-/m1/s1. The second-order valence-electron chi connectivity index (χ2n) is 5.46. The van der Waals surface area contributed by atoms with Crippen molar-refractivity contribution in [3.63, 3.8) is 0 Å². The van der Waals surface area contributed by atoms with E-state index in [9.17, 15) is 14.4 Å². The fraction of sp³-hybridized carbons (Fsp3) is 0.211. The lowest BCUT2D eigenvalue weighted by Crippen LogP contribution is -2.47. The van der Waals surface area contributed by atoms with Crippen LogP contribution in [-0.4, -0.2) is 29.1 Å². The van der Waals surface area contributed by atoms with Crippen LogP contribution in [0.25, 0.3) is 0 Å². The maximum absolute atomic E-state index is 12.1. The van der Waals surface area contributed by atoms with E-state index in [0.29, 0.717) is 5.56 Å². The van der Waals surface area contributed by atoms with Gasteiger partial charge in [0.2, 0.25) is 0 Å². The molecule has 26 heavy (non-hydrogen) atoms. The molecule has 6 nitrogen and oxygen atoms in total. The molecule has 0 heterocycles. The number of carbonyl (C=O) groups excluding carboxylic acids is 3. The zero-order valence-corrected chi connectivity index (χ0v) is 15.3. The molecular formula is C19H20N2O4S. The molecule has 136 valence electrons. The molecule has 0 bridgehead atoms. The third-order valence-corrected chi connectivity index (χ3v) is 4.48. The number of amides is 2. The van der Waals surface area contributed by atoms with Crippen LogP contribution in [0.2, 0.25) is 0 Å². The van der Waals surface area contributed by atoms with Gasteiger partial charge in [-0.3, -0.25) is 25.2 Å². The Hall–Kier alpha value is -2.80. The van der Waals surface area contributed by atoms with Crippen LogP contribution in [0.15, 0.2) is 65.6 Å². The maximum atomic E-state index is 12.1. The Balaban J connectivity index is 1.78. The molecule has 0 aromatic heterocycles. The van der Waals surface area contributed by atoms with E-state index in [4.69, 9.17) is 4.74 Å². The van der Waals surface area contributed by atoms with Gasteiger partial charge < -0.3 is 4.74 Å². The van der Waals surface area contributed by atoms with Crippen molar-refractivity contribution in [1.29, 1.82) is 0 Å². The number of benzene rings is 2. The van der Waals surface area contributed by atoms with Crippen LogP contribution < -0.4 is 10.9 Å². The van der Waals surface area contributed by atoms with Crippen LogP contribution in [0.4, 0.5) is 0 Å². The summed E-state index contributed by atoms with van der Waals surface area (Å²) in [4.78, 5) is 36.9. The van der Waals surface area contributed by atoms with E-state index >= 15 is 0 Å². The highest BCUT2D eigenvalue weighted by molar-refractivity contribution is 8.00. The van der Waals surface area contributed by atoms with Gasteiger partial charge in [-0.2, -0.15) is 0 Å². The summed E-state index contributed by atoms with van der Waals surface area (Å²) in [5, 5.41) is -0.466. The quantitative estimate of drug-likeness (QED) is 0.462. The zero-order chi connectivity index (χ0) is 18.9. The molecule has 0 saturated heterocycles. The number of hydrogen-bond donors (Lipinski definition) is 2. The molecule has 2 N–H and O–H groups in total. The third kappa shape index (κ3) is 5.93. The Bertz CT molecular complexity index is 753. The van der Waals surface area contributed by atoms with Crippen molar-refractivity contribution in [3.8, 4) is 0 Å². The Labute approximate surface area is 156 Å².